The summed E-state index contributed by atoms with van der Waals surface area (Å²) in [7, 11) is 0. The summed E-state index contributed by atoms with van der Waals surface area (Å²) >= 11 is 1.61. The van der Waals surface area contributed by atoms with Gasteiger partial charge in [-0.05, 0) is 31.5 Å². The zero-order chi connectivity index (χ0) is 17.6. The number of aryl methyl sites for hydroxylation is 1. The summed E-state index contributed by atoms with van der Waals surface area (Å²) in [6.07, 6.45) is -0.537. The first-order valence-corrected chi connectivity index (χ1v) is 9.38. The molecule has 0 saturated carbocycles. The molecule has 0 spiro atoms. The van der Waals surface area contributed by atoms with Gasteiger partial charge < -0.3 is 4.74 Å². The highest BCUT2D eigenvalue weighted by Crippen LogP contribution is 2.22. The molecule has 0 unspecified atom stereocenters. The Balaban J connectivity index is 1.59. The molecule has 0 saturated heterocycles. The maximum atomic E-state index is 12.7. The number of carbonyl (C=O) groups is 1. The van der Waals surface area contributed by atoms with Crippen LogP contribution in [0.15, 0.2) is 59.6 Å². The molecule has 0 aromatic heterocycles. The van der Waals surface area contributed by atoms with Crippen molar-refractivity contribution in [3.8, 4) is 5.75 Å². The Hall–Kier alpha value is -2.27. The van der Waals surface area contributed by atoms with Crippen molar-refractivity contribution in [1.82, 2.24) is 4.90 Å². The van der Waals surface area contributed by atoms with Crippen LogP contribution in [-0.4, -0.2) is 35.2 Å². The summed E-state index contributed by atoms with van der Waals surface area (Å²) in [5, 5.41) is 0.787. The van der Waals surface area contributed by atoms with Gasteiger partial charge in [-0.3, -0.25) is 14.7 Å². The highest BCUT2D eigenvalue weighted by atomic mass is 32.2. The van der Waals surface area contributed by atoms with Crippen molar-refractivity contribution in [2.45, 2.75) is 25.7 Å². The quantitative estimate of drug-likeness (QED) is 0.818. The van der Waals surface area contributed by atoms with E-state index in [-0.39, 0.29) is 5.91 Å². The smallest absolute Gasteiger partial charge is 0.269 e. The minimum atomic E-state index is -0.537. The van der Waals surface area contributed by atoms with E-state index in [2.05, 4.69) is 36.2 Å². The number of aliphatic imine (C=N–C) groups is 1. The van der Waals surface area contributed by atoms with Crippen molar-refractivity contribution in [2.75, 3.05) is 13.1 Å². The van der Waals surface area contributed by atoms with Crippen LogP contribution in [0.25, 0.3) is 0 Å². The molecular weight excluding hydrogens is 332 g/mol. The van der Waals surface area contributed by atoms with E-state index in [1.807, 2.05) is 30.3 Å². The van der Waals surface area contributed by atoms with Gasteiger partial charge in [0.2, 0.25) is 0 Å². The van der Waals surface area contributed by atoms with Crippen LogP contribution in [0.1, 0.15) is 18.1 Å². The van der Waals surface area contributed by atoms with Crippen molar-refractivity contribution in [2.24, 2.45) is 4.99 Å². The van der Waals surface area contributed by atoms with E-state index >= 15 is 0 Å². The number of amides is 1. The first-order valence-electron chi connectivity index (χ1n) is 8.39. The lowest BCUT2D eigenvalue weighted by Crippen LogP contribution is -2.41. The van der Waals surface area contributed by atoms with Crippen LogP contribution >= 0.6 is 11.8 Å². The molecule has 0 radical (unpaired) electrons. The maximum absolute atomic E-state index is 12.7. The van der Waals surface area contributed by atoms with E-state index < -0.39 is 6.10 Å². The Labute approximate surface area is 152 Å². The van der Waals surface area contributed by atoms with Crippen LogP contribution in [0.4, 0.5) is 0 Å². The molecule has 1 aliphatic heterocycles. The molecule has 1 atom stereocenters. The van der Waals surface area contributed by atoms with Gasteiger partial charge in [-0.1, -0.05) is 59.8 Å². The third-order valence-corrected chi connectivity index (χ3v) is 5.01. The van der Waals surface area contributed by atoms with Crippen LogP contribution in [0.2, 0.25) is 0 Å². The molecule has 1 amide bonds. The zero-order valence-corrected chi connectivity index (χ0v) is 15.3. The first kappa shape index (κ1) is 17.5. The molecular formula is C20H22N2O2S. The summed E-state index contributed by atoms with van der Waals surface area (Å²) < 4.78 is 5.76. The van der Waals surface area contributed by atoms with Gasteiger partial charge in [0.05, 0.1) is 6.54 Å². The highest BCUT2D eigenvalue weighted by Gasteiger charge is 2.29. The van der Waals surface area contributed by atoms with Gasteiger partial charge in [-0.25, -0.2) is 0 Å². The number of carbonyl (C=O) groups excluding carboxylic acids is 1. The molecule has 0 bridgehead atoms. The average Bonchev–Trinajstić information content (AvgIpc) is 3.08. The zero-order valence-electron chi connectivity index (χ0n) is 14.5. The van der Waals surface area contributed by atoms with Crippen LogP contribution in [0.5, 0.6) is 5.75 Å². The lowest BCUT2D eigenvalue weighted by Gasteiger charge is -2.22. The number of hydrogen-bond acceptors (Lipinski definition) is 4. The van der Waals surface area contributed by atoms with Crippen molar-refractivity contribution >= 4 is 22.8 Å². The van der Waals surface area contributed by atoms with Gasteiger partial charge in [-0.2, -0.15) is 0 Å². The Morgan fingerprint density at radius 2 is 2.04 bits per heavy atom. The molecule has 1 heterocycles. The molecule has 5 heteroatoms. The van der Waals surface area contributed by atoms with E-state index in [1.54, 1.807) is 23.6 Å². The fourth-order valence-corrected chi connectivity index (χ4v) is 3.67. The Morgan fingerprint density at radius 1 is 1.24 bits per heavy atom. The van der Waals surface area contributed by atoms with E-state index in [9.17, 15) is 4.79 Å². The number of ether oxygens (including phenoxy) is 1. The van der Waals surface area contributed by atoms with E-state index in [4.69, 9.17) is 4.74 Å². The molecule has 130 valence electrons. The van der Waals surface area contributed by atoms with Crippen LogP contribution < -0.4 is 4.74 Å². The fourth-order valence-electron chi connectivity index (χ4n) is 2.68. The third kappa shape index (κ3) is 4.63. The van der Waals surface area contributed by atoms with Crippen molar-refractivity contribution in [1.29, 1.82) is 0 Å². The lowest BCUT2D eigenvalue weighted by atomic mass is 10.2. The average molecular weight is 354 g/mol. The van der Waals surface area contributed by atoms with Crippen molar-refractivity contribution in [3.63, 3.8) is 0 Å². The largest absolute Gasteiger partial charge is 0.481 e. The molecule has 4 nitrogen and oxygen atoms in total. The molecule has 2 aromatic rings. The monoisotopic (exact) mass is 354 g/mol. The SMILES string of the molecule is Cc1cccc(CSC2=NCCN2C(=O)[C@H](C)Oc2ccccc2)c1. The molecule has 25 heavy (non-hydrogen) atoms. The number of para-hydroxylation sites is 1. The summed E-state index contributed by atoms with van der Waals surface area (Å²) in [5.74, 6) is 1.46. The number of hydrogen-bond donors (Lipinski definition) is 0. The number of rotatable bonds is 5. The van der Waals surface area contributed by atoms with Crippen LogP contribution in [0.3, 0.4) is 0 Å². The molecule has 3 rings (SSSR count). The number of benzene rings is 2. The van der Waals surface area contributed by atoms with Crippen molar-refractivity contribution < 1.29 is 9.53 Å². The normalized spacial score (nSPS) is 15.0. The van der Waals surface area contributed by atoms with Gasteiger partial charge in [0.1, 0.15) is 5.75 Å². The Bertz CT molecular complexity index is 761. The number of amidine groups is 1. The van der Waals surface area contributed by atoms with Gasteiger partial charge in [0.25, 0.3) is 5.91 Å². The summed E-state index contributed by atoms with van der Waals surface area (Å²) in [5.41, 5.74) is 2.48. The maximum Gasteiger partial charge on any atom is 0.269 e. The fraction of sp³-hybridized carbons (Fsp3) is 0.300. The number of thioether (sulfide) groups is 1. The Kier molecular flexibility index (Phi) is 5.76. The summed E-state index contributed by atoms with van der Waals surface area (Å²) in [6, 6.07) is 17.8. The van der Waals surface area contributed by atoms with Crippen molar-refractivity contribution in [3.05, 3.63) is 65.7 Å². The van der Waals surface area contributed by atoms with E-state index in [0.29, 0.717) is 18.8 Å². The minimum Gasteiger partial charge on any atom is -0.481 e. The standard InChI is InChI=1S/C20H22N2O2S/c1-15-7-6-8-17(13-15)14-25-20-21-11-12-22(20)19(23)16(2)24-18-9-4-3-5-10-18/h3-10,13,16H,11-12,14H2,1-2H3/t16-/m0/s1. The predicted octanol–water partition coefficient (Wildman–Crippen LogP) is 3.89. The molecule has 0 fully saturated rings. The summed E-state index contributed by atoms with van der Waals surface area (Å²) in [6.45, 7) is 5.15. The molecule has 1 aliphatic rings. The van der Waals surface area contributed by atoms with Gasteiger partial charge >= 0.3 is 0 Å². The molecule has 2 aromatic carbocycles. The topological polar surface area (TPSA) is 41.9 Å². The second-order valence-corrected chi connectivity index (χ2v) is 6.95. The second-order valence-electron chi connectivity index (χ2n) is 6.01. The predicted molar refractivity (Wildman–Crippen MR) is 103 cm³/mol. The Morgan fingerprint density at radius 3 is 2.80 bits per heavy atom. The molecule has 0 N–H and O–H groups in total. The second kappa shape index (κ2) is 8.21. The first-order chi connectivity index (χ1) is 12.1. The van der Waals surface area contributed by atoms with E-state index in [1.165, 1.54) is 11.1 Å². The lowest BCUT2D eigenvalue weighted by molar-refractivity contribution is -0.133. The van der Waals surface area contributed by atoms with E-state index in [0.717, 1.165) is 10.9 Å². The van der Waals surface area contributed by atoms with Gasteiger partial charge in [-0.15, -0.1) is 0 Å². The minimum absolute atomic E-state index is 0.0446. The summed E-state index contributed by atoms with van der Waals surface area (Å²) in [4.78, 5) is 19.0. The van der Waals surface area contributed by atoms with Crippen LogP contribution in [-0.2, 0) is 10.5 Å². The number of nitrogens with zero attached hydrogens (tertiary/aromatic N) is 2. The van der Waals surface area contributed by atoms with Gasteiger partial charge in [0, 0.05) is 12.3 Å². The molecule has 0 aliphatic carbocycles. The van der Waals surface area contributed by atoms with Gasteiger partial charge in [0.15, 0.2) is 11.3 Å². The third-order valence-electron chi connectivity index (χ3n) is 3.92. The van der Waals surface area contributed by atoms with Crippen LogP contribution in [0, 0.1) is 6.92 Å². The highest BCUT2D eigenvalue weighted by molar-refractivity contribution is 8.13.